The molecule has 148 valence electrons. The number of ether oxygens (including phenoxy) is 1. The number of carbonyl (C=O) groups excluding carboxylic acids is 1. The first-order valence-corrected chi connectivity index (χ1v) is 10.9. The lowest BCUT2D eigenvalue weighted by molar-refractivity contribution is -0.115. The Morgan fingerprint density at radius 2 is 1.63 bits per heavy atom. The lowest BCUT2D eigenvalue weighted by atomic mass is 10.2. The zero-order chi connectivity index (χ0) is 18.9. The lowest BCUT2D eigenvalue weighted by Crippen LogP contribution is -2.50. The van der Waals surface area contributed by atoms with Gasteiger partial charge in [0.05, 0.1) is 24.5 Å². The fourth-order valence-electron chi connectivity index (χ4n) is 3.82. The van der Waals surface area contributed by atoms with Crippen molar-refractivity contribution in [3.8, 4) is 0 Å². The average molecular weight is 394 g/mol. The van der Waals surface area contributed by atoms with Crippen LogP contribution in [0, 0.1) is 0 Å². The molecular formula is C18H26N4O4S. The van der Waals surface area contributed by atoms with Gasteiger partial charge in [0.25, 0.3) is 0 Å². The van der Waals surface area contributed by atoms with Crippen LogP contribution >= 0.6 is 0 Å². The van der Waals surface area contributed by atoms with Gasteiger partial charge >= 0.3 is 0 Å². The number of nitrogens with zero attached hydrogens (tertiary/aromatic N) is 3. The summed E-state index contributed by atoms with van der Waals surface area (Å²) in [5.41, 5.74) is 1.47. The quantitative estimate of drug-likeness (QED) is 0.746. The molecule has 0 aliphatic carbocycles. The molecule has 3 aliphatic heterocycles. The number of piperazine rings is 1. The van der Waals surface area contributed by atoms with Crippen LogP contribution in [-0.4, -0.2) is 94.0 Å². The molecule has 9 heteroatoms. The highest BCUT2D eigenvalue weighted by molar-refractivity contribution is 7.89. The summed E-state index contributed by atoms with van der Waals surface area (Å²) in [5, 5.41) is 2.74. The van der Waals surface area contributed by atoms with Crippen LogP contribution in [0.15, 0.2) is 23.1 Å². The Morgan fingerprint density at radius 3 is 2.33 bits per heavy atom. The van der Waals surface area contributed by atoms with Crippen molar-refractivity contribution in [3.05, 3.63) is 23.8 Å². The minimum Gasteiger partial charge on any atom is -0.379 e. The smallest absolute Gasteiger partial charge is 0.243 e. The second-order valence-electron chi connectivity index (χ2n) is 7.24. The Labute approximate surface area is 160 Å². The normalized spacial score (nSPS) is 22.6. The van der Waals surface area contributed by atoms with Gasteiger partial charge in [-0.2, -0.15) is 4.31 Å². The summed E-state index contributed by atoms with van der Waals surface area (Å²) in [6.45, 7) is 8.00. The van der Waals surface area contributed by atoms with Crippen LogP contribution in [0.3, 0.4) is 0 Å². The van der Waals surface area contributed by atoms with E-state index in [0.717, 1.165) is 58.0 Å². The Balaban J connectivity index is 1.33. The summed E-state index contributed by atoms with van der Waals surface area (Å²) >= 11 is 0. The highest BCUT2D eigenvalue weighted by Gasteiger charge is 2.30. The molecule has 0 bridgehead atoms. The van der Waals surface area contributed by atoms with Gasteiger partial charge in [-0.1, -0.05) is 0 Å². The molecule has 1 aromatic carbocycles. The molecule has 3 aliphatic rings. The third kappa shape index (κ3) is 4.17. The zero-order valence-corrected chi connectivity index (χ0v) is 16.2. The first-order valence-electron chi connectivity index (χ1n) is 9.48. The Kier molecular flexibility index (Phi) is 5.47. The van der Waals surface area contributed by atoms with E-state index in [-0.39, 0.29) is 17.2 Å². The molecule has 0 radical (unpaired) electrons. The Morgan fingerprint density at radius 1 is 0.963 bits per heavy atom. The number of hydrogen-bond donors (Lipinski definition) is 1. The fourth-order valence-corrected chi connectivity index (χ4v) is 5.29. The van der Waals surface area contributed by atoms with Crippen LogP contribution in [0.25, 0.3) is 0 Å². The lowest BCUT2D eigenvalue weighted by Gasteiger charge is -2.35. The van der Waals surface area contributed by atoms with E-state index in [1.165, 1.54) is 0 Å². The standard InChI is InChI=1S/C18H26N4O4S/c23-18-14-15-13-16(1-2-17(15)19-18)27(24,25)22-7-5-20(6-8-22)3-4-21-9-11-26-12-10-21/h1-2,13H,3-12,14H2,(H,19,23). The number of morpholine rings is 1. The third-order valence-corrected chi connectivity index (χ3v) is 7.40. The van der Waals surface area contributed by atoms with E-state index in [1.807, 2.05) is 0 Å². The largest absolute Gasteiger partial charge is 0.379 e. The van der Waals surface area contributed by atoms with Crippen molar-refractivity contribution in [2.45, 2.75) is 11.3 Å². The first kappa shape index (κ1) is 18.8. The second kappa shape index (κ2) is 7.84. The Bertz CT molecular complexity index is 800. The van der Waals surface area contributed by atoms with Crippen molar-refractivity contribution >= 4 is 21.6 Å². The van der Waals surface area contributed by atoms with E-state index in [2.05, 4.69) is 15.1 Å². The highest BCUT2D eigenvalue weighted by atomic mass is 32.2. The van der Waals surface area contributed by atoms with Gasteiger partial charge in [-0.3, -0.25) is 14.6 Å². The van der Waals surface area contributed by atoms with Crippen LogP contribution in [0.2, 0.25) is 0 Å². The molecular weight excluding hydrogens is 368 g/mol. The average Bonchev–Trinajstić information content (AvgIpc) is 3.06. The minimum absolute atomic E-state index is 0.0894. The maximum Gasteiger partial charge on any atom is 0.243 e. The van der Waals surface area contributed by atoms with Crippen LogP contribution in [0.5, 0.6) is 0 Å². The van der Waals surface area contributed by atoms with Crippen molar-refractivity contribution in [2.75, 3.05) is 70.9 Å². The summed E-state index contributed by atoms with van der Waals surface area (Å²) in [4.78, 5) is 16.5. The summed E-state index contributed by atoms with van der Waals surface area (Å²) in [6, 6.07) is 4.91. The van der Waals surface area contributed by atoms with E-state index < -0.39 is 10.0 Å². The maximum absolute atomic E-state index is 13.0. The topological polar surface area (TPSA) is 82.2 Å². The van der Waals surface area contributed by atoms with Gasteiger partial charge < -0.3 is 10.1 Å². The number of carbonyl (C=O) groups is 1. The number of fused-ring (bicyclic) bond motifs is 1. The molecule has 0 aromatic heterocycles. The van der Waals surface area contributed by atoms with Crippen molar-refractivity contribution < 1.29 is 17.9 Å². The number of benzene rings is 1. The molecule has 1 N–H and O–H groups in total. The molecule has 0 saturated carbocycles. The predicted octanol–water partition coefficient (Wildman–Crippen LogP) is -0.180. The van der Waals surface area contributed by atoms with Gasteiger partial charge in [0.1, 0.15) is 0 Å². The molecule has 2 saturated heterocycles. The number of anilines is 1. The van der Waals surface area contributed by atoms with Crippen LogP contribution in [0.4, 0.5) is 5.69 Å². The van der Waals surface area contributed by atoms with E-state index in [4.69, 9.17) is 4.74 Å². The van der Waals surface area contributed by atoms with Gasteiger partial charge in [0.2, 0.25) is 15.9 Å². The number of amides is 1. The van der Waals surface area contributed by atoms with Gasteiger partial charge in [-0.05, 0) is 23.8 Å². The highest BCUT2D eigenvalue weighted by Crippen LogP contribution is 2.27. The molecule has 0 spiro atoms. The summed E-state index contributed by atoms with van der Waals surface area (Å²) in [7, 11) is -3.52. The number of rotatable bonds is 5. The zero-order valence-electron chi connectivity index (χ0n) is 15.4. The van der Waals surface area contributed by atoms with Crippen molar-refractivity contribution in [2.24, 2.45) is 0 Å². The van der Waals surface area contributed by atoms with E-state index >= 15 is 0 Å². The van der Waals surface area contributed by atoms with Crippen LogP contribution in [0.1, 0.15) is 5.56 Å². The second-order valence-corrected chi connectivity index (χ2v) is 9.18. The van der Waals surface area contributed by atoms with Crippen molar-refractivity contribution in [1.82, 2.24) is 14.1 Å². The van der Waals surface area contributed by atoms with E-state index in [9.17, 15) is 13.2 Å². The van der Waals surface area contributed by atoms with E-state index in [0.29, 0.717) is 18.8 Å². The summed E-state index contributed by atoms with van der Waals surface area (Å²) in [5.74, 6) is -0.0894. The molecule has 2 fully saturated rings. The molecule has 4 rings (SSSR count). The number of sulfonamides is 1. The monoisotopic (exact) mass is 394 g/mol. The van der Waals surface area contributed by atoms with Crippen LogP contribution < -0.4 is 5.32 Å². The molecule has 1 aromatic rings. The van der Waals surface area contributed by atoms with Gasteiger partial charge in [0.15, 0.2) is 0 Å². The number of hydrogen-bond acceptors (Lipinski definition) is 6. The molecule has 3 heterocycles. The maximum atomic E-state index is 13.0. The first-order chi connectivity index (χ1) is 13.0. The van der Waals surface area contributed by atoms with Crippen molar-refractivity contribution in [1.29, 1.82) is 0 Å². The van der Waals surface area contributed by atoms with E-state index in [1.54, 1.807) is 22.5 Å². The minimum atomic E-state index is -3.52. The Hall–Kier alpha value is -1.52. The molecule has 0 atom stereocenters. The number of nitrogens with one attached hydrogen (secondary N) is 1. The summed E-state index contributed by atoms with van der Waals surface area (Å²) in [6.07, 6.45) is 0.244. The van der Waals surface area contributed by atoms with Gasteiger partial charge in [-0.15, -0.1) is 0 Å². The van der Waals surface area contributed by atoms with Crippen LogP contribution in [-0.2, 0) is 26.0 Å². The van der Waals surface area contributed by atoms with Gasteiger partial charge in [0, 0.05) is 58.0 Å². The summed E-state index contributed by atoms with van der Waals surface area (Å²) < 4.78 is 32.8. The molecule has 27 heavy (non-hydrogen) atoms. The molecule has 8 nitrogen and oxygen atoms in total. The van der Waals surface area contributed by atoms with Gasteiger partial charge in [-0.25, -0.2) is 8.42 Å². The SMILES string of the molecule is O=C1Cc2cc(S(=O)(=O)N3CCN(CCN4CCOCC4)CC3)ccc2N1. The molecule has 0 unspecified atom stereocenters. The van der Waals surface area contributed by atoms with Crippen molar-refractivity contribution in [3.63, 3.8) is 0 Å². The fraction of sp³-hybridized carbons (Fsp3) is 0.611. The molecule has 1 amide bonds. The predicted molar refractivity (Wildman–Crippen MR) is 101 cm³/mol. The third-order valence-electron chi connectivity index (χ3n) is 5.51.